The summed E-state index contributed by atoms with van der Waals surface area (Å²) in [4.78, 5) is 11.5. The maximum atomic E-state index is 12.3. The predicted molar refractivity (Wildman–Crippen MR) is 75.6 cm³/mol. The summed E-state index contributed by atoms with van der Waals surface area (Å²) in [5, 5.41) is 2.78. The van der Waals surface area contributed by atoms with Crippen LogP contribution in [0.4, 0.5) is 5.69 Å². The SMILES string of the molecule is CC(C)NS(=O)(=O)c1cc(Cl)cc2c1OC(C)C(=O)N2. The summed E-state index contributed by atoms with van der Waals surface area (Å²) in [6.07, 6.45) is -0.767. The van der Waals surface area contributed by atoms with Crippen LogP contribution in [0.1, 0.15) is 20.8 Å². The number of amides is 1. The second-order valence-electron chi connectivity index (χ2n) is 4.81. The smallest absolute Gasteiger partial charge is 0.265 e. The van der Waals surface area contributed by atoms with Crippen LogP contribution in [0.5, 0.6) is 5.75 Å². The number of benzene rings is 1. The number of hydrogen-bond donors (Lipinski definition) is 2. The highest BCUT2D eigenvalue weighted by Gasteiger charge is 2.31. The lowest BCUT2D eigenvalue weighted by molar-refractivity contribution is -0.122. The fraction of sp³-hybridized carbons (Fsp3) is 0.417. The van der Waals surface area contributed by atoms with E-state index in [1.807, 2.05) is 0 Å². The van der Waals surface area contributed by atoms with E-state index in [4.69, 9.17) is 16.3 Å². The molecule has 1 atom stereocenters. The number of nitrogens with one attached hydrogen (secondary N) is 2. The number of ether oxygens (including phenoxy) is 1. The van der Waals surface area contributed by atoms with Crippen molar-refractivity contribution in [3.8, 4) is 5.75 Å². The van der Waals surface area contributed by atoms with E-state index < -0.39 is 16.1 Å². The quantitative estimate of drug-likeness (QED) is 0.889. The first-order chi connectivity index (χ1) is 9.20. The Labute approximate surface area is 122 Å². The van der Waals surface area contributed by atoms with Gasteiger partial charge in [0.1, 0.15) is 4.90 Å². The van der Waals surface area contributed by atoms with Gasteiger partial charge in [-0.3, -0.25) is 4.79 Å². The van der Waals surface area contributed by atoms with Gasteiger partial charge in [-0.15, -0.1) is 0 Å². The van der Waals surface area contributed by atoms with Crippen LogP contribution in [0, 0.1) is 0 Å². The molecular weight excluding hydrogens is 304 g/mol. The monoisotopic (exact) mass is 318 g/mol. The van der Waals surface area contributed by atoms with Gasteiger partial charge in [0, 0.05) is 11.1 Å². The van der Waals surface area contributed by atoms with Gasteiger partial charge in [-0.05, 0) is 32.9 Å². The first-order valence-corrected chi connectivity index (χ1v) is 7.90. The molecule has 6 nitrogen and oxygen atoms in total. The van der Waals surface area contributed by atoms with Crippen LogP contribution in [0.25, 0.3) is 0 Å². The van der Waals surface area contributed by atoms with E-state index in [9.17, 15) is 13.2 Å². The third-order valence-electron chi connectivity index (χ3n) is 2.62. The van der Waals surface area contributed by atoms with Crippen LogP contribution >= 0.6 is 11.6 Å². The van der Waals surface area contributed by atoms with Gasteiger partial charge in [-0.1, -0.05) is 11.6 Å². The average Bonchev–Trinajstić information content (AvgIpc) is 2.28. The molecule has 1 aromatic carbocycles. The van der Waals surface area contributed by atoms with Gasteiger partial charge in [0.15, 0.2) is 11.9 Å². The van der Waals surface area contributed by atoms with Gasteiger partial charge < -0.3 is 10.1 Å². The largest absolute Gasteiger partial charge is 0.477 e. The lowest BCUT2D eigenvalue weighted by Gasteiger charge is -2.25. The molecule has 20 heavy (non-hydrogen) atoms. The molecule has 1 amide bonds. The normalized spacial score (nSPS) is 18.4. The zero-order valence-corrected chi connectivity index (χ0v) is 12.8. The van der Waals surface area contributed by atoms with E-state index in [1.165, 1.54) is 12.1 Å². The van der Waals surface area contributed by atoms with Gasteiger partial charge in [0.25, 0.3) is 5.91 Å². The third kappa shape index (κ3) is 2.89. The predicted octanol–water partition coefficient (Wildman–Crippen LogP) is 1.75. The molecule has 1 heterocycles. The maximum absolute atomic E-state index is 12.3. The van der Waals surface area contributed by atoms with Crippen molar-refractivity contribution in [2.45, 2.75) is 37.8 Å². The summed E-state index contributed by atoms with van der Waals surface area (Å²) in [6.45, 7) is 4.96. The molecule has 0 saturated heterocycles. The number of sulfonamides is 1. The van der Waals surface area contributed by atoms with Crippen LogP contribution in [-0.4, -0.2) is 26.5 Å². The van der Waals surface area contributed by atoms with E-state index in [0.717, 1.165) is 0 Å². The van der Waals surface area contributed by atoms with Crippen molar-refractivity contribution >= 4 is 33.2 Å². The standard InChI is InChI=1S/C12H15ClN2O4S/c1-6(2)15-20(17,18)10-5-8(13)4-9-11(10)19-7(3)12(16)14-9/h4-7,15H,1-3H3,(H,14,16). The highest BCUT2D eigenvalue weighted by atomic mass is 35.5. The molecular formula is C12H15ClN2O4S. The molecule has 2 rings (SSSR count). The van der Waals surface area contributed by atoms with Crippen molar-refractivity contribution in [1.29, 1.82) is 0 Å². The van der Waals surface area contributed by atoms with E-state index in [2.05, 4.69) is 10.0 Å². The third-order valence-corrected chi connectivity index (χ3v) is 4.50. The summed E-state index contributed by atoms with van der Waals surface area (Å²) in [7, 11) is -3.78. The summed E-state index contributed by atoms with van der Waals surface area (Å²) < 4.78 is 32.5. The molecule has 110 valence electrons. The van der Waals surface area contributed by atoms with Crippen LogP contribution < -0.4 is 14.8 Å². The molecule has 2 N–H and O–H groups in total. The fourth-order valence-corrected chi connectivity index (χ4v) is 3.54. The van der Waals surface area contributed by atoms with Crippen molar-refractivity contribution in [2.75, 3.05) is 5.32 Å². The Morgan fingerprint density at radius 2 is 2.05 bits per heavy atom. The average molecular weight is 319 g/mol. The minimum atomic E-state index is -3.78. The number of carbonyl (C=O) groups excluding carboxylic acids is 1. The molecule has 0 aliphatic carbocycles. The van der Waals surface area contributed by atoms with Gasteiger partial charge in [0.05, 0.1) is 5.69 Å². The number of rotatable bonds is 3. The highest BCUT2D eigenvalue weighted by molar-refractivity contribution is 7.89. The molecule has 1 unspecified atom stereocenters. The molecule has 0 aromatic heterocycles. The number of carbonyl (C=O) groups is 1. The van der Waals surface area contributed by atoms with Crippen molar-refractivity contribution in [1.82, 2.24) is 4.72 Å². The molecule has 1 aliphatic rings. The van der Waals surface area contributed by atoms with Gasteiger partial charge in [-0.2, -0.15) is 0 Å². The summed E-state index contributed by atoms with van der Waals surface area (Å²) in [5.74, 6) is -0.241. The second kappa shape index (κ2) is 5.23. The zero-order valence-electron chi connectivity index (χ0n) is 11.2. The molecule has 8 heteroatoms. The summed E-state index contributed by atoms with van der Waals surface area (Å²) in [5.41, 5.74) is 0.254. The number of halogens is 1. The van der Waals surface area contributed by atoms with Crippen molar-refractivity contribution in [3.63, 3.8) is 0 Å². The Balaban J connectivity index is 2.58. The molecule has 0 fully saturated rings. The van der Waals surface area contributed by atoms with E-state index in [-0.39, 0.29) is 33.3 Å². The molecule has 1 aromatic rings. The van der Waals surface area contributed by atoms with E-state index in [1.54, 1.807) is 20.8 Å². The van der Waals surface area contributed by atoms with Crippen LogP contribution in [0.15, 0.2) is 17.0 Å². The van der Waals surface area contributed by atoms with Gasteiger partial charge >= 0.3 is 0 Å². The Hall–Kier alpha value is -1.31. The minimum Gasteiger partial charge on any atom is -0.477 e. The molecule has 1 aliphatic heterocycles. The summed E-state index contributed by atoms with van der Waals surface area (Å²) in [6, 6.07) is 2.48. The van der Waals surface area contributed by atoms with Crippen LogP contribution in [-0.2, 0) is 14.8 Å². The van der Waals surface area contributed by atoms with Crippen molar-refractivity contribution in [2.24, 2.45) is 0 Å². The minimum absolute atomic E-state index is 0.0828. The Kier molecular flexibility index (Phi) is 3.95. The first-order valence-electron chi connectivity index (χ1n) is 6.04. The summed E-state index contributed by atoms with van der Waals surface area (Å²) >= 11 is 5.91. The van der Waals surface area contributed by atoms with E-state index >= 15 is 0 Å². The van der Waals surface area contributed by atoms with Gasteiger partial charge in [0.2, 0.25) is 10.0 Å². The molecule has 0 saturated carbocycles. The Morgan fingerprint density at radius 3 is 2.65 bits per heavy atom. The Bertz CT molecular complexity index is 658. The molecule has 0 radical (unpaired) electrons. The lowest BCUT2D eigenvalue weighted by atomic mass is 10.2. The van der Waals surface area contributed by atoms with Crippen LogP contribution in [0.2, 0.25) is 5.02 Å². The zero-order chi connectivity index (χ0) is 15.1. The van der Waals surface area contributed by atoms with Crippen molar-refractivity contribution in [3.05, 3.63) is 17.2 Å². The van der Waals surface area contributed by atoms with Gasteiger partial charge in [-0.25, -0.2) is 13.1 Å². The fourth-order valence-electron chi connectivity index (χ4n) is 1.82. The van der Waals surface area contributed by atoms with Crippen molar-refractivity contribution < 1.29 is 17.9 Å². The number of anilines is 1. The number of hydrogen-bond acceptors (Lipinski definition) is 4. The second-order valence-corrected chi connectivity index (χ2v) is 6.92. The first kappa shape index (κ1) is 15.1. The molecule has 0 spiro atoms. The molecule has 0 bridgehead atoms. The maximum Gasteiger partial charge on any atom is 0.265 e. The van der Waals surface area contributed by atoms with E-state index in [0.29, 0.717) is 0 Å². The Morgan fingerprint density at radius 1 is 1.40 bits per heavy atom. The topological polar surface area (TPSA) is 84.5 Å². The number of fused-ring (bicyclic) bond motifs is 1. The lowest BCUT2D eigenvalue weighted by Crippen LogP contribution is -2.36. The van der Waals surface area contributed by atoms with Crippen LogP contribution in [0.3, 0.4) is 0 Å². The highest BCUT2D eigenvalue weighted by Crippen LogP contribution is 2.38.